The number of nitrogens with one attached hydrogen (secondary N) is 1. The third kappa shape index (κ3) is 4.23. The zero-order chi connectivity index (χ0) is 22.9. The molecule has 1 N–H and O–H groups in total. The van der Waals surface area contributed by atoms with Crippen molar-refractivity contribution >= 4 is 22.1 Å². The van der Waals surface area contributed by atoms with Crippen LogP contribution < -0.4 is 5.43 Å². The number of sulfonamides is 1. The van der Waals surface area contributed by atoms with Crippen LogP contribution in [0.3, 0.4) is 0 Å². The summed E-state index contributed by atoms with van der Waals surface area (Å²) in [5.74, 6) is 0.904. The summed E-state index contributed by atoms with van der Waals surface area (Å²) in [6.45, 7) is 6.71. The molecule has 1 fully saturated rings. The average molecular weight is 456 g/mol. The number of hydrogen-bond donors (Lipinski definition) is 1. The fraction of sp³-hybridized carbons (Fsp3) is 0.318. The first-order valence-corrected chi connectivity index (χ1v) is 11.8. The minimum Gasteiger partial charge on any atom is -0.360 e. The monoisotopic (exact) mass is 455 g/mol. The first-order valence-electron chi connectivity index (χ1n) is 10.3. The molecule has 0 spiro atoms. The zero-order valence-electron chi connectivity index (χ0n) is 18.2. The Hall–Kier alpha value is -3.24. The first kappa shape index (κ1) is 22.0. The second kappa shape index (κ2) is 8.71. The molecule has 0 unspecified atom stereocenters. The Morgan fingerprint density at radius 1 is 1.16 bits per heavy atom. The van der Waals surface area contributed by atoms with E-state index in [-0.39, 0.29) is 10.5 Å². The molecule has 1 aliphatic heterocycles. The van der Waals surface area contributed by atoms with Crippen LogP contribution in [-0.2, 0) is 10.0 Å². The predicted octanol–water partition coefficient (Wildman–Crippen LogP) is 2.94. The minimum absolute atomic E-state index is 0.113. The van der Waals surface area contributed by atoms with Crippen molar-refractivity contribution in [1.29, 1.82) is 0 Å². The molecule has 4 rings (SSSR count). The lowest BCUT2D eigenvalue weighted by molar-refractivity contribution is 0.0955. The van der Waals surface area contributed by atoms with Crippen LogP contribution in [0, 0.1) is 20.8 Å². The Labute approximate surface area is 186 Å². The summed E-state index contributed by atoms with van der Waals surface area (Å²) in [5.41, 5.74) is 5.36. The van der Waals surface area contributed by atoms with E-state index < -0.39 is 15.9 Å². The molecule has 1 aliphatic rings. The van der Waals surface area contributed by atoms with Crippen LogP contribution in [0.4, 0.5) is 0 Å². The van der Waals surface area contributed by atoms with Gasteiger partial charge in [0.2, 0.25) is 10.0 Å². The van der Waals surface area contributed by atoms with Crippen molar-refractivity contribution in [2.24, 2.45) is 5.10 Å². The number of aryl methyl sites for hydroxylation is 2. The van der Waals surface area contributed by atoms with Gasteiger partial charge in [-0.05, 0) is 57.9 Å². The van der Waals surface area contributed by atoms with Crippen LogP contribution >= 0.6 is 0 Å². The van der Waals surface area contributed by atoms with E-state index in [1.807, 2.05) is 37.5 Å². The van der Waals surface area contributed by atoms with Gasteiger partial charge in [-0.15, -0.1) is 0 Å². The molecular formula is C22H25N5O4S. The lowest BCUT2D eigenvalue weighted by Crippen LogP contribution is -2.28. The summed E-state index contributed by atoms with van der Waals surface area (Å²) in [4.78, 5) is 12.7. The Morgan fingerprint density at radius 2 is 1.91 bits per heavy atom. The van der Waals surface area contributed by atoms with Gasteiger partial charge in [0.1, 0.15) is 5.76 Å². The van der Waals surface area contributed by atoms with Gasteiger partial charge in [-0.25, -0.2) is 13.8 Å². The highest BCUT2D eigenvalue weighted by molar-refractivity contribution is 7.89. The molecule has 10 heteroatoms. The summed E-state index contributed by atoms with van der Waals surface area (Å²) in [7, 11) is -3.59. The Kier molecular flexibility index (Phi) is 5.98. The van der Waals surface area contributed by atoms with Crippen molar-refractivity contribution in [3.8, 4) is 5.82 Å². The minimum atomic E-state index is -3.59. The Morgan fingerprint density at radius 3 is 2.59 bits per heavy atom. The van der Waals surface area contributed by atoms with E-state index in [9.17, 15) is 13.2 Å². The van der Waals surface area contributed by atoms with Crippen molar-refractivity contribution in [2.45, 2.75) is 38.5 Å². The lowest BCUT2D eigenvalue weighted by Gasteiger charge is -2.15. The van der Waals surface area contributed by atoms with E-state index in [2.05, 4.69) is 15.7 Å². The molecule has 0 bridgehead atoms. The number of rotatable bonds is 6. The van der Waals surface area contributed by atoms with Crippen LogP contribution in [0.2, 0.25) is 0 Å². The smallest absolute Gasteiger partial charge is 0.271 e. The first-order chi connectivity index (χ1) is 15.3. The molecular weight excluding hydrogens is 430 g/mol. The molecule has 9 nitrogen and oxygen atoms in total. The maximum atomic E-state index is 12.7. The summed E-state index contributed by atoms with van der Waals surface area (Å²) >= 11 is 0. The van der Waals surface area contributed by atoms with E-state index in [1.54, 1.807) is 18.3 Å². The maximum Gasteiger partial charge on any atom is 0.271 e. The number of carbonyl (C=O) groups is 1. The largest absolute Gasteiger partial charge is 0.360 e. The van der Waals surface area contributed by atoms with Gasteiger partial charge in [-0.2, -0.15) is 9.41 Å². The van der Waals surface area contributed by atoms with E-state index in [1.165, 1.54) is 16.4 Å². The number of carbonyl (C=O) groups excluding carboxylic acids is 1. The van der Waals surface area contributed by atoms with Gasteiger partial charge in [-0.1, -0.05) is 11.2 Å². The lowest BCUT2D eigenvalue weighted by atomic mass is 10.2. The Bertz CT molecular complexity index is 1280. The summed E-state index contributed by atoms with van der Waals surface area (Å²) in [6.07, 6.45) is 3.25. The standard InChI is InChI=1S/C22H25N5O4S/c1-15-11-19(17(3)27(15)21-12-16(2)31-25-21)14-23-24-22(28)18-7-6-8-20(13-18)32(29,30)26-9-4-5-10-26/h6-8,11-14H,4-5,9-10H2,1-3H3,(H,24,28)/b23-14+. The number of amides is 1. The van der Waals surface area contributed by atoms with Gasteiger partial charge in [0.25, 0.3) is 5.91 Å². The fourth-order valence-electron chi connectivity index (χ4n) is 3.83. The second-order valence-electron chi connectivity index (χ2n) is 7.80. The molecule has 1 amide bonds. The van der Waals surface area contributed by atoms with Crippen molar-refractivity contribution in [3.63, 3.8) is 0 Å². The van der Waals surface area contributed by atoms with Gasteiger partial charge in [0, 0.05) is 41.7 Å². The Balaban J connectivity index is 1.49. The van der Waals surface area contributed by atoms with Crippen molar-refractivity contribution in [3.05, 3.63) is 64.7 Å². The van der Waals surface area contributed by atoms with Crippen molar-refractivity contribution in [1.82, 2.24) is 19.5 Å². The molecule has 0 aliphatic carbocycles. The van der Waals surface area contributed by atoms with Gasteiger partial charge >= 0.3 is 0 Å². The predicted molar refractivity (Wildman–Crippen MR) is 120 cm³/mol. The third-order valence-electron chi connectivity index (χ3n) is 5.48. The summed E-state index contributed by atoms with van der Waals surface area (Å²) < 4.78 is 34.0. The highest BCUT2D eigenvalue weighted by Gasteiger charge is 2.27. The third-order valence-corrected chi connectivity index (χ3v) is 7.38. The average Bonchev–Trinajstić information content (AvgIpc) is 3.50. The summed E-state index contributed by atoms with van der Waals surface area (Å²) in [5, 5.41) is 8.11. The van der Waals surface area contributed by atoms with Crippen molar-refractivity contribution < 1.29 is 17.7 Å². The van der Waals surface area contributed by atoms with E-state index in [0.29, 0.717) is 24.7 Å². The van der Waals surface area contributed by atoms with E-state index in [0.717, 1.165) is 29.8 Å². The second-order valence-corrected chi connectivity index (χ2v) is 9.73. The molecule has 32 heavy (non-hydrogen) atoms. The number of hydrazone groups is 1. The SMILES string of the molecule is Cc1cc(-n2c(C)cc(/C=N/NC(=O)c3cccc(S(=O)(=O)N4CCCC4)c3)c2C)no1. The molecule has 3 aromatic rings. The highest BCUT2D eigenvalue weighted by Crippen LogP contribution is 2.22. The van der Waals surface area contributed by atoms with Crippen molar-refractivity contribution in [2.75, 3.05) is 13.1 Å². The van der Waals surface area contributed by atoms with Crippen LogP contribution in [0.5, 0.6) is 0 Å². The highest BCUT2D eigenvalue weighted by atomic mass is 32.2. The van der Waals surface area contributed by atoms with Crippen LogP contribution in [0.15, 0.2) is 50.9 Å². The van der Waals surface area contributed by atoms with Gasteiger partial charge in [-0.3, -0.25) is 9.36 Å². The molecule has 3 heterocycles. The molecule has 2 aromatic heterocycles. The quantitative estimate of drug-likeness (QED) is 0.454. The molecule has 0 radical (unpaired) electrons. The fourth-order valence-corrected chi connectivity index (χ4v) is 5.39. The number of hydrogen-bond acceptors (Lipinski definition) is 6. The molecule has 0 saturated carbocycles. The van der Waals surface area contributed by atoms with Crippen LogP contribution in [0.25, 0.3) is 5.82 Å². The number of nitrogens with zero attached hydrogens (tertiary/aromatic N) is 4. The number of benzene rings is 1. The molecule has 1 aromatic carbocycles. The van der Waals surface area contributed by atoms with Gasteiger partial charge in [0.15, 0.2) is 5.82 Å². The van der Waals surface area contributed by atoms with Gasteiger partial charge < -0.3 is 4.52 Å². The van der Waals surface area contributed by atoms with Crippen LogP contribution in [-0.4, -0.2) is 47.7 Å². The van der Waals surface area contributed by atoms with E-state index in [4.69, 9.17) is 4.52 Å². The zero-order valence-corrected chi connectivity index (χ0v) is 19.0. The topological polar surface area (TPSA) is 110 Å². The normalized spacial score (nSPS) is 15.0. The number of aromatic nitrogens is 2. The molecule has 168 valence electrons. The maximum absolute atomic E-state index is 12.7. The van der Waals surface area contributed by atoms with Crippen LogP contribution in [0.1, 0.15) is 45.9 Å². The van der Waals surface area contributed by atoms with E-state index >= 15 is 0 Å². The molecule has 1 saturated heterocycles. The summed E-state index contributed by atoms with van der Waals surface area (Å²) in [6, 6.07) is 9.79. The van der Waals surface area contributed by atoms with Gasteiger partial charge in [0.05, 0.1) is 11.1 Å². The molecule has 0 atom stereocenters.